The summed E-state index contributed by atoms with van der Waals surface area (Å²) < 4.78 is 0.501. The minimum absolute atomic E-state index is 0.0979. The van der Waals surface area contributed by atoms with E-state index in [1.54, 1.807) is 6.07 Å². The number of nitrogens with one attached hydrogen (secondary N) is 1. The third kappa shape index (κ3) is 4.88. The highest BCUT2D eigenvalue weighted by Gasteiger charge is 2.25. The normalized spacial score (nSPS) is 18.7. The van der Waals surface area contributed by atoms with Crippen LogP contribution in [-0.2, 0) is 0 Å². The van der Waals surface area contributed by atoms with Crippen molar-refractivity contribution in [2.75, 3.05) is 13.1 Å². The fourth-order valence-electron chi connectivity index (χ4n) is 1.55. The molecule has 1 fully saturated rings. The zero-order chi connectivity index (χ0) is 13.7. The highest BCUT2D eigenvalue weighted by atomic mass is 35.5. The first kappa shape index (κ1) is 16.0. The zero-order valence-electron chi connectivity index (χ0n) is 10.9. The van der Waals surface area contributed by atoms with Gasteiger partial charge in [0.15, 0.2) is 5.78 Å². The highest BCUT2D eigenvalue weighted by molar-refractivity contribution is 7.18. The molecule has 1 unspecified atom stereocenters. The number of carbonyl (C=O) groups excluding carboxylic acids is 1. The first-order chi connectivity index (χ1) is 8.41. The predicted octanol–water partition coefficient (Wildman–Crippen LogP) is 4.51. The minimum Gasteiger partial charge on any atom is -0.316 e. The third-order valence-corrected chi connectivity index (χ3v) is 4.20. The molecule has 0 amide bonds. The standard InChI is InChI=1S/C9H9Cl2NOS.C4H10/c10-6-3-7(14-9(6)11)8(13)5-1-2-12-4-5;1-4(2)3/h3,5,12H,1-2,4H2;4H,1-3H3. The Bertz CT molecular complexity index is 375. The van der Waals surface area contributed by atoms with Crippen LogP contribution in [0.5, 0.6) is 0 Å². The molecule has 0 saturated carbocycles. The quantitative estimate of drug-likeness (QED) is 0.815. The van der Waals surface area contributed by atoms with Gasteiger partial charge in [0.25, 0.3) is 0 Å². The van der Waals surface area contributed by atoms with Crippen molar-refractivity contribution in [2.24, 2.45) is 11.8 Å². The van der Waals surface area contributed by atoms with E-state index in [0.717, 1.165) is 25.4 Å². The molecule has 1 N–H and O–H groups in total. The molecule has 0 aliphatic carbocycles. The van der Waals surface area contributed by atoms with Gasteiger partial charge in [-0.2, -0.15) is 0 Å². The van der Waals surface area contributed by atoms with Gasteiger partial charge in [-0.25, -0.2) is 0 Å². The van der Waals surface area contributed by atoms with Gasteiger partial charge in [-0.3, -0.25) is 4.79 Å². The summed E-state index contributed by atoms with van der Waals surface area (Å²) in [6, 6.07) is 1.66. The van der Waals surface area contributed by atoms with Crippen LogP contribution in [0.15, 0.2) is 6.07 Å². The Kier molecular flexibility index (Phi) is 6.64. The van der Waals surface area contributed by atoms with Gasteiger partial charge in [0.2, 0.25) is 0 Å². The van der Waals surface area contributed by atoms with Gasteiger partial charge in [0.1, 0.15) is 4.34 Å². The van der Waals surface area contributed by atoms with Crippen LogP contribution in [0.25, 0.3) is 0 Å². The lowest BCUT2D eigenvalue weighted by Crippen LogP contribution is -2.16. The summed E-state index contributed by atoms with van der Waals surface area (Å²) in [4.78, 5) is 12.5. The molecule has 2 heterocycles. The average Bonchev–Trinajstić information content (AvgIpc) is 2.88. The van der Waals surface area contributed by atoms with E-state index in [4.69, 9.17) is 23.2 Å². The molecule has 1 aromatic heterocycles. The number of carbonyl (C=O) groups is 1. The van der Waals surface area contributed by atoms with Crippen molar-refractivity contribution in [3.05, 3.63) is 20.3 Å². The molecule has 18 heavy (non-hydrogen) atoms. The van der Waals surface area contributed by atoms with Gasteiger partial charge >= 0.3 is 0 Å². The summed E-state index contributed by atoms with van der Waals surface area (Å²) in [6.07, 6.45) is 0.909. The molecule has 1 aliphatic rings. The largest absolute Gasteiger partial charge is 0.316 e. The van der Waals surface area contributed by atoms with Crippen molar-refractivity contribution in [1.29, 1.82) is 0 Å². The fourth-order valence-corrected chi connectivity index (χ4v) is 2.93. The lowest BCUT2D eigenvalue weighted by Gasteiger charge is -2.03. The van der Waals surface area contributed by atoms with Crippen molar-refractivity contribution in [3.63, 3.8) is 0 Å². The van der Waals surface area contributed by atoms with Crippen molar-refractivity contribution in [3.8, 4) is 0 Å². The molecule has 1 atom stereocenters. The molecule has 2 rings (SSSR count). The topological polar surface area (TPSA) is 29.1 Å². The maximum atomic E-state index is 11.9. The minimum atomic E-state index is 0.0979. The summed E-state index contributed by atoms with van der Waals surface area (Å²) in [5.41, 5.74) is 0. The fraction of sp³-hybridized carbons (Fsp3) is 0.615. The Balaban J connectivity index is 0.000000357. The number of hydrogen-bond acceptors (Lipinski definition) is 3. The SMILES string of the molecule is CC(C)C.O=C(c1cc(Cl)c(Cl)s1)C1CCNC1. The molecule has 1 aliphatic heterocycles. The van der Waals surface area contributed by atoms with Crippen molar-refractivity contribution in [2.45, 2.75) is 27.2 Å². The maximum absolute atomic E-state index is 11.9. The van der Waals surface area contributed by atoms with Crippen molar-refractivity contribution < 1.29 is 4.79 Å². The average molecular weight is 308 g/mol. The second kappa shape index (κ2) is 7.49. The van der Waals surface area contributed by atoms with Crippen LogP contribution < -0.4 is 5.32 Å². The predicted molar refractivity (Wildman–Crippen MR) is 80.2 cm³/mol. The number of halogens is 2. The summed E-state index contributed by atoms with van der Waals surface area (Å²) in [5.74, 6) is 1.09. The monoisotopic (exact) mass is 307 g/mol. The molecule has 1 aromatic rings. The second-order valence-corrected chi connectivity index (χ2v) is 7.08. The second-order valence-electron chi connectivity index (χ2n) is 5.02. The lowest BCUT2D eigenvalue weighted by molar-refractivity contribution is 0.0934. The van der Waals surface area contributed by atoms with E-state index in [-0.39, 0.29) is 11.7 Å². The highest BCUT2D eigenvalue weighted by Crippen LogP contribution is 2.33. The van der Waals surface area contributed by atoms with E-state index in [1.165, 1.54) is 11.3 Å². The number of rotatable bonds is 2. The lowest BCUT2D eigenvalue weighted by atomic mass is 10.0. The van der Waals surface area contributed by atoms with Crippen LogP contribution in [0.4, 0.5) is 0 Å². The number of Topliss-reactive ketones (excluding diaryl/α,β-unsaturated/α-hetero) is 1. The molecule has 0 radical (unpaired) electrons. The molecule has 0 spiro atoms. The molecule has 1 saturated heterocycles. The zero-order valence-corrected chi connectivity index (χ0v) is 13.3. The number of hydrogen-bond donors (Lipinski definition) is 1. The Labute approximate surface area is 123 Å². The molecule has 2 nitrogen and oxygen atoms in total. The van der Waals surface area contributed by atoms with E-state index < -0.39 is 0 Å². The van der Waals surface area contributed by atoms with E-state index in [2.05, 4.69) is 26.1 Å². The molecule has 102 valence electrons. The number of thiophene rings is 1. The molecule has 5 heteroatoms. The maximum Gasteiger partial charge on any atom is 0.177 e. The van der Waals surface area contributed by atoms with Crippen LogP contribution in [0, 0.1) is 11.8 Å². The van der Waals surface area contributed by atoms with Gasteiger partial charge in [-0.1, -0.05) is 44.0 Å². The Morgan fingerprint density at radius 2 is 2.06 bits per heavy atom. The van der Waals surface area contributed by atoms with Gasteiger partial charge in [-0.15, -0.1) is 11.3 Å². The molecule has 0 bridgehead atoms. The van der Waals surface area contributed by atoms with E-state index in [9.17, 15) is 4.79 Å². The van der Waals surface area contributed by atoms with Crippen LogP contribution in [0.3, 0.4) is 0 Å². The van der Waals surface area contributed by atoms with Gasteiger partial charge in [-0.05, 0) is 24.9 Å². The summed E-state index contributed by atoms with van der Waals surface area (Å²) in [5, 5.41) is 3.64. The van der Waals surface area contributed by atoms with E-state index >= 15 is 0 Å². The molecular weight excluding hydrogens is 289 g/mol. The summed E-state index contributed by atoms with van der Waals surface area (Å²) >= 11 is 12.9. The van der Waals surface area contributed by atoms with E-state index in [1.807, 2.05) is 0 Å². The van der Waals surface area contributed by atoms with Crippen molar-refractivity contribution >= 4 is 40.3 Å². The third-order valence-electron chi connectivity index (χ3n) is 2.32. The Morgan fingerprint density at radius 1 is 1.44 bits per heavy atom. The van der Waals surface area contributed by atoms with Crippen LogP contribution in [0.2, 0.25) is 9.36 Å². The number of ketones is 1. The van der Waals surface area contributed by atoms with Gasteiger partial charge in [0.05, 0.1) is 9.90 Å². The van der Waals surface area contributed by atoms with E-state index in [0.29, 0.717) is 14.2 Å². The van der Waals surface area contributed by atoms with Crippen LogP contribution in [-0.4, -0.2) is 18.9 Å². The van der Waals surface area contributed by atoms with Crippen LogP contribution in [0.1, 0.15) is 36.9 Å². The first-order valence-corrected chi connectivity index (χ1v) is 7.68. The first-order valence-electron chi connectivity index (χ1n) is 6.11. The van der Waals surface area contributed by atoms with Crippen molar-refractivity contribution in [1.82, 2.24) is 5.32 Å². The molecular formula is C13H19Cl2NOS. The van der Waals surface area contributed by atoms with Gasteiger partial charge in [0, 0.05) is 12.5 Å². The Morgan fingerprint density at radius 3 is 2.44 bits per heavy atom. The Hall–Kier alpha value is -0.0900. The summed E-state index contributed by atoms with van der Waals surface area (Å²) in [6.45, 7) is 8.19. The summed E-state index contributed by atoms with van der Waals surface area (Å²) in [7, 11) is 0. The van der Waals surface area contributed by atoms with Crippen LogP contribution >= 0.6 is 34.5 Å². The molecule has 0 aromatic carbocycles. The van der Waals surface area contributed by atoms with Gasteiger partial charge < -0.3 is 5.32 Å². The smallest absolute Gasteiger partial charge is 0.177 e.